The van der Waals surface area contributed by atoms with E-state index in [0.29, 0.717) is 11.9 Å². The van der Waals surface area contributed by atoms with Gasteiger partial charge in [-0.15, -0.1) is 0 Å². The van der Waals surface area contributed by atoms with E-state index in [2.05, 4.69) is 4.99 Å². The molecular formula is C16H24NO5P. The zero-order valence-corrected chi connectivity index (χ0v) is 14.9. The van der Waals surface area contributed by atoms with Crippen LogP contribution in [-0.2, 0) is 23.4 Å². The molecule has 23 heavy (non-hydrogen) atoms. The maximum absolute atomic E-state index is 13.7. The number of aliphatic imine (C=N–C) groups is 1. The van der Waals surface area contributed by atoms with Crippen molar-refractivity contribution < 1.29 is 23.4 Å². The Morgan fingerprint density at radius 3 is 2.43 bits per heavy atom. The van der Waals surface area contributed by atoms with E-state index in [0.717, 1.165) is 0 Å². The average Bonchev–Trinajstić information content (AvgIpc) is 2.55. The molecule has 1 unspecified atom stereocenters. The zero-order valence-electron chi connectivity index (χ0n) is 14.0. The first-order chi connectivity index (χ1) is 10.9. The molecule has 0 fully saturated rings. The summed E-state index contributed by atoms with van der Waals surface area (Å²) in [7, 11) is -2.20. The van der Waals surface area contributed by atoms with Crippen molar-refractivity contribution >= 4 is 25.0 Å². The second kappa shape index (κ2) is 8.85. The molecule has 0 N–H and O–H groups in total. The van der Waals surface area contributed by atoms with E-state index < -0.39 is 18.6 Å². The molecule has 1 rings (SSSR count). The van der Waals surface area contributed by atoms with Crippen LogP contribution >= 0.6 is 7.37 Å². The van der Waals surface area contributed by atoms with Gasteiger partial charge in [0.15, 0.2) is 11.7 Å². The Kier molecular flexibility index (Phi) is 7.46. The van der Waals surface area contributed by atoms with Gasteiger partial charge in [0.2, 0.25) is 0 Å². The largest absolute Gasteiger partial charge is 0.484 e. The standard InChI is InChI=1S/C16H24NO5P/c1-5-21-13-17-16(3,12-15(18)20-4)23(19,22-6-2)14-10-8-7-9-11-14/h7-11,13H,5-6,12H2,1-4H3/b17-13+/t16-,23?/m1/s1. The molecule has 0 spiro atoms. The van der Waals surface area contributed by atoms with Crippen LogP contribution in [0.15, 0.2) is 35.3 Å². The molecule has 0 amide bonds. The molecule has 1 aromatic carbocycles. The molecule has 6 nitrogen and oxygen atoms in total. The van der Waals surface area contributed by atoms with E-state index in [1.807, 2.05) is 13.0 Å². The molecule has 0 aliphatic carbocycles. The van der Waals surface area contributed by atoms with E-state index >= 15 is 0 Å². The van der Waals surface area contributed by atoms with Crippen molar-refractivity contribution in [2.75, 3.05) is 20.3 Å². The number of hydrogen-bond donors (Lipinski definition) is 0. The molecule has 1 aromatic rings. The smallest absolute Gasteiger partial charge is 0.308 e. The maximum Gasteiger partial charge on any atom is 0.308 e. The Hall–Kier alpha value is -1.65. The number of nitrogens with zero attached hydrogens (tertiary/aromatic N) is 1. The van der Waals surface area contributed by atoms with Gasteiger partial charge in [0.25, 0.3) is 7.37 Å². The fourth-order valence-electron chi connectivity index (χ4n) is 2.09. The number of carbonyl (C=O) groups excluding carboxylic acids is 1. The summed E-state index contributed by atoms with van der Waals surface area (Å²) in [4.78, 5) is 16.1. The van der Waals surface area contributed by atoms with Gasteiger partial charge < -0.3 is 14.0 Å². The predicted molar refractivity (Wildman–Crippen MR) is 90.5 cm³/mol. The number of rotatable bonds is 9. The van der Waals surface area contributed by atoms with Crippen LogP contribution in [0.4, 0.5) is 0 Å². The summed E-state index contributed by atoms with van der Waals surface area (Å²) >= 11 is 0. The van der Waals surface area contributed by atoms with Crippen molar-refractivity contribution in [3.05, 3.63) is 30.3 Å². The van der Waals surface area contributed by atoms with Crippen LogP contribution in [-0.4, -0.2) is 38.0 Å². The molecule has 0 saturated heterocycles. The Morgan fingerprint density at radius 2 is 1.91 bits per heavy atom. The second-order valence-corrected chi connectivity index (χ2v) is 7.81. The van der Waals surface area contributed by atoms with Crippen LogP contribution in [0, 0.1) is 0 Å². The molecule has 0 radical (unpaired) electrons. The molecule has 0 aromatic heterocycles. The number of carbonyl (C=O) groups is 1. The lowest BCUT2D eigenvalue weighted by Crippen LogP contribution is -2.33. The Bertz CT molecular complexity index is 575. The molecule has 2 atom stereocenters. The van der Waals surface area contributed by atoms with Gasteiger partial charge in [-0.3, -0.25) is 9.36 Å². The topological polar surface area (TPSA) is 74.2 Å². The van der Waals surface area contributed by atoms with Crippen LogP contribution in [0.2, 0.25) is 0 Å². The van der Waals surface area contributed by atoms with Gasteiger partial charge in [0.05, 0.1) is 26.7 Å². The lowest BCUT2D eigenvalue weighted by Gasteiger charge is -2.33. The minimum Gasteiger partial charge on any atom is -0.484 e. The highest BCUT2D eigenvalue weighted by Crippen LogP contribution is 2.60. The van der Waals surface area contributed by atoms with Crippen LogP contribution in [0.25, 0.3) is 0 Å². The van der Waals surface area contributed by atoms with Crippen molar-refractivity contribution in [1.29, 1.82) is 0 Å². The normalized spacial score (nSPS) is 16.5. The minimum absolute atomic E-state index is 0.181. The van der Waals surface area contributed by atoms with Gasteiger partial charge in [0.1, 0.15) is 0 Å². The van der Waals surface area contributed by atoms with E-state index in [1.165, 1.54) is 13.5 Å². The van der Waals surface area contributed by atoms with Crippen molar-refractivity contribution in [3.63, 3.8) is 0 Å². The minimum atomic E-state index is -3.48. The fraction of sp³-hybridized carbons (Fsp3) is 0.500. The molecule has 0 saturated carbocycles. The third kappa shape index (κ3) is 4.66. The lowest BCUT2D eigenvalue weighted by molar-refractivity contribution is -0.141. The van der Waals surface area contributed by atoms with Crippen LogP contribution in [0.5, 0.6) is 0 Å². The first kappa shape index (κ1) is 19.4. The van der Waals surface area contributed by atoms with Gasteiger partial charge in [-0.05, 0) is 32.9 Å². The van der Waals surface area contributed by atoms with Gasteiger partial charge in [0, 0.05) is 5.30 Å². The summed E-state index contributed by atoms with van der Waals surface area (Å²) in [6.07, 6.45) is 1.04. The molecular weight excluding hydrogens is 317 g/mol. The monoisotopic (exact) mass is 341 g/mol. The zero-order chi connectivity index (χ0) is 17.3. The summed E-state index contributed by atoms with van der Waals surface area (Å²) in [6.45, 7) is 5.82. The van der Waals surface area contributed by atoms with Gasteiger partial charge >= 0.3 is 5.97 Å². The van der Waals surface area contributed by atoms with Crippen molar-refractivity contribution in [2.45, 2.75) is 32.5 Å². The summed E-state index contributed by atoms with van der Waals surface area (Å²) in [5.41, 5.74) is 0. The summed E-state index contributed by atoms with van der Waals surface area (Å²) < 4.78 is 29.2. The highest BCUT2D eigenvalue weighted by atomic mass is 31.2. The van der Waals surface area contributed by atoms with Crippen molar-refractivity contribution in [1.82, 2.24) is 0 Å². The van der Waals surface area contributed by atoms with Gasteiger partial charge in [-0.1, -0.05) is 18.2 Å². The third-order valence-corrected chi connectivity index (χ3v) is 6.46. The molecule has 128 valence electrons. The lowest BCUT2D eigenvalue weighted by atomic mass is 10.2. The Balaban J connectivity index is 3.38. The SMILES string of the molecule is CCO/C=N/[C@@](C)(CC(=O)OC)P(=O)(OCC)c1ccccc1. The number of methoxy groups -OCH3 is 1. The summed E-state index contributed by atoms with van der Waals surface area (Å²) in [5.74, 6) is -0.517. The third-order valence-electron chi connectivity index (χ3n) is 3.32. The first-order valence-electron chi connectivity index (χ1n) is 7.46. The van der Waals surface area contributed by atoms with E-state index in [4.69, 9.17) is 14.0 Å². The molecule has 0 aliphatic rings. The molecule has 7 heteroatoms. The number of esters is 1. The fourth-order valence-corrected chi connectivity index (χ4v) is 4.54. The highest BCUT2D eigenvalue weighted by Gasteiger charge is 2.48. The van der Waals surface area contributed by atoms with Gasteiger partial charge in [-0.25, -0.2) is 4.99 Å². The van der Waals surface area contributed by atoms with E-state index in [1.54, 1.807) is 38.1 Å². The van der Waals surface area contributed by atoms with Crippen LogP contribution in [0.3, 0.4) is 0 Å². The van der Waals surface area contributed by atoms with E-state index in [-0.39, 0.29) is 13.0 Å². The summed E-state index contributed by atoms with van der Waals surface area (Å²) in [6, 6.07) is 8.78. The second-order valence-electron chi connectivity index (χ2n) is 4.96. The average molecular weight is 341 g/mol. The number of hydrogen-bond acceptors (Lipinski definition) is 6. The molecule has 0 heterocycles. The van der Waals surface area contributed by atoms with Crippen LogP contribution in [0.1, 0.15) is 27.2 Å². The quantitative estimate of drug-likeness (QED) is 0.299. The number of ether oxygens (including phenoxy) is 2. The van der Waals surface area contributed by atoms with Crippen molar-refractivity contribution in [3.8, 4) is 0 Å². The number of benzene rings is 1. The Labute approximate surface area is 137 Å². The van der Waals surface area contributed by atoms with E-state index in [9.17, 15) is 9.36 Å². The Morgan fingerprint density at radius 1 is 1.26 bits per heavy atom. The van der Waals surface area contributed by atoms with Gasteiger partial charge in [-0.2, -0.15) is 0 Å². The van der Waals surface area contributed by atoms with Crippen molar-refractivity contribution in [2.24, 2.45) is 4.99 Å². The maximum atomic E-state index is 13.7. The molecule has 0 aliphatic heterocycles. The predicted octanol–water partition coefficient (Wildman–Crippen LogP) is 2.97. The first-order valence-corrected chi connectivity index (χ1v) is 9.08. The highest BCUT2D eigenvalue weighted by molar-refractivity contribution is 7.68. The van der Waals surface area contributed by atoms with Crippen LogP contribution < -0.4 is 5.30 Å². The summed E-state index contributed by atoms with van der Waals surface area (Å²) in [5, 5.41) is -0.811. The molecule has 0 bridgehead atoms.